The Kier molecular flexibility index (Phi) is 7.81. The number of halogens is 5. The molecule has 1 aromatic rings. The second kappa shape index (κ2) is 9.71. The maximum atomic E-state index is 13.3. The first-order valence-corrected chi connectivity index (χ1v) is 9.17. The molecule has 1 aromatic carbocycles. The molecule has 1 amide bonds. The third-order valence-corrected chi connectivity index (χ3v) is 5.06. The molecule has 1 radical (unpaired) electrons. The third kappa shape index (κ3) is 7.77. The Hall–Kier alpha value is -1.94. The fraction of sp³-hybridized carbons (Fsp3) is 0.579. The standard InChI is InChI=1S/C19H23F5NO4/c20-18(21)9-7-13(8-10-18)16(17(27)25-28)11-14(26)4-1-12-2-5-15(6-3-12)29-19(22,23)24/h2-6,13-14,16,26,28H,1,7-11H2,(H,25,27). The molecule has 2 unspecified atom stereocenters. The van der Waals surface area contributed by atoms with Crippen LogP contribution in [-0.2, 0) is 11.2 Å². The topological polar surface area (TPSA) is 78.8 Å². The summed E-state index contributed by atoms with van der Waals surface area (Å²) in [4.78, 5) is 12.0. The Labute approximate surface area is 164 Å². The molecule has 5 nitrogen and oxygen atoms in total. The quantitative estimate of drug-likeness (QED) is 0.335. The summed E-state index contributed by atoms with van der Waals surface area (Å²) in [5.74, 6) is -5.07. The van der Waals surface area contributed by atoms with Crippen molar-refractivity contribution in [1.82, 2.24) is 5.48 Å². The zero-order chi connectivity index (χ0) is 21.7. The number of carbonyl (C=O) groups is 1. The lowest BCUT2D eigenvalue weighted by Crippen LogP contribution is -2.38. The van der Waals surface area contributed by atoms with Gasteiger partial charge in [0.05, 0.1) is 6.10 Å². The molecule has 2 atom stereocenters. The van der Waals surface area contributed by atoms with E-state index in [1.54, 1.807) is 0 Å². The van der Waals surface area contributed by atoms with Crippen LogP contribution in [0.25, 0.3) is 0 Å². The van der Waals surface area contributed by atoms with Gasteiger partial charge in [-0.1, -0.05) is 12.1 Å². The normalized spacial score (nSPS) is 19.4. The van der Waals surface area contributed by atoms with Gasteiger partial charge in [-0.15, -0.1) is 13.2 Å². The second-order valence-corrected chi connectivity index (χ2v) is 7.21. The Morgan fingerprint density at radius 2 is 1.83 bits per heavy atom. The zero-order valence-corrected chi connectivity index (χ0v) is 15.5. The van der Waals surface area contributed by atoms with Gasteiger partial charge < -0.3 is 9.84 Å². The predicted molar refractivity (Wildman–Crippen MR) is 92.1 cm³/mol. The van der Waals surface area contributed by atoms with E-state index in [1.165, 1.54) is 24.0 Å². The highest BCUT2D eigenvalue weighted by atomic mass is 19.4. The van der Waals surface area contributed by atoms with Crippen LogP contribution in [0.5, 0.6) is 5.75 Å². The van der Waals surface area contributed by atoms with Crippen molar-refractivity contribution in [3.8, 4) is 5.75 Å². The summed E-state index contributed by atoms with van der Waals surface area (Å²) in [6, 6.07) is 5.11. The summed E-state index contributed by atoms with van der Waals surface area (Å²) in [6.45, 7) is 0. The van der Waals surface area contributed by atoms with Gasteiger partial charge in [-0.2, -0.15) is 0 Å². The molecule has 0 heterocycles. The third-order valence-electron chi connectivity index (χ3n) is 5.06. The molecule has 1 saturated carbocycles. The number of carbonyl (C=O) groups excluding carboxylic acids is 1. The van der Waals surface area contributed by atoms with E-state index in [2.05, 4.69) is 4.74 Å². The van der Waals surface area contributed by atoms with E-state index in [-0.39, 0.29) is 50.2 Å². The number of amides is 1. The number of alkyl halides is 5. The highest BCUT2D eigenvalue weighted by Gasteiger charge is 2.40. The molecule has 3 N–H and O–H groups in total. The molecular formula is C19H23F5NO4. The first kappa shape index (κ1) is 23.3. The van der Waals surface area contributed by atoms with Crippen LogP contribution < -0.4 is 10.2 Å². The molecule has 2 rings (SSSR count). The van der Waals surface area contributed by atoms with Gasteiger partial charge in [0.25, 0.3) is 0 Å². The van der Waals surface area contributed by atoms with Gasteiger partial charge >= 0.3 is 6.36 Å². The molecule has 0 spiro atoms. The molecule has 0 aromatic heterocycles. The SMILES string of the molecule is O=C(NO)C(CC(O)[CH]Cc1ccc(OC(F)(F)F)cc1)C1CCC(F)(F)CC1. The van der Waals surface area contributed by atoms with Crippen LogP contribution in [0.1, 0.15) is 37.7 Å². The molecule has 1 fully saturated rings. The van der Waals surface area contributed by atoms with Gasteiger partial charge in [-0.05, 0) is 55.7 Å². The monoisotopic (exact) mass is 424 g/mol. The van der Waals surface area contributed by atoms with Crippen molar-refractivity contribution in [2.45, 2.75) is 56.9 Å². The van der Waals surface area contributed by atoms with Gasteiger partial charge in [0.15, 0.2) is 0 Å². The maximum Gasteiger partial charge on any atom is 0.573 e. The molecule has 0 bridgehead atoms. The molecule has 1 aliphatic rings. The zero-order valence-electron chi connectivity index (χ0n) is 15.5. The summed E-state index contributed by atoms with van der Waals surface area (Å²) in [5, 5.41) is 19.2. The number of rotatable bonds is 8. The van der Waals surface area contributed by atoms with Crippen molar-refractivity contribution in [2.24, 2.45) is 11.8 Å². The van der Waals surface area contributed by atoms with E-state index in [4.69, 9.17) is 5.21 Å². The van der Waals surface area contributed by atoms with Crippen LogP contribution in [-0.4, -0.2) is 34.6 Å². The van der Waals surface area contributed by atoms with E-state index in [9.17, 15) is 31.9 Å². The summed E-state index contributed by atoms with van der Waals surface area (Å²) >= 11 is 0. The fourth-order valence-corrected chi connectivity index (χ4v) is 3.52. The molecular weight excluding hydrogens is 401 g/mol. The lowest BCUT2D eigenvalue weighted by molar-refractivity contribution is -0.274. The Bertz CT molecular complexity index is 656. The van der Waals surface area contributed by atoms with Gasteiger partial charge in [-0.25, -0.2) is 14.3 Å². The van der Waals surface area contributed by atoms with Crippen LogP contribution in [0.15, 0.2) is 24.3 Å². The Balaban J connectivity index is 1.88. The molecule has 29 heavy (non-hydrogen) atoms. The van der Waals surface area contributed by atoms with Crippen LogP contribution in [0.2, 0.25) is 0 Å². The highest BCUT2D eigenvalue weighted by molar-refractivity contribution is 5.77. The molecule has 0 aliphatic heterocycles. The maximum absolute atomic E-state index is 13.3. The minimum absolute atomic E-state index is 0.0576. The predicted octanol–water partition coefficient (Wildman–Crippen LogP) is 4.03. The number of hydrogen-bond donors (Lipinski definition) is 3. The van der Waals surface area contributed by atoms with Crippen molar-refractivity contribution in [2.75, 3.05) is 0 Å². The number of ether oxygens (including phenoxy) is 1. The van der Waals surface area contributed by atoms with Crippen molar-refractivity contribution in [3.05, 3.63) is 36.2 Å². The average Bonchev–Trinajstić information content (AvgIpc) is 2.64. The Morgan fingerprint density at radius 1 is 1.24 bits per heavy atom. The number of aliphatic hydroxyl groups excluding tert-OH is 1. The molecule has 0 saturated heterocycles. The van der Waals surface area contributed by atoms with E-state index >= 15 is 0 Å². The van der Waals surface area contributed by atoms with Crippen LogP contribution in [0.3, 0.4) is 0 Å². The van der Waals surface area contributed by atoms with Gasteiger partial charge in [0, 0.05) is 18.8 Å². The number of hydroxylamine groups is 1. The van der Waals surface area contributed by atoms with Crippen LogP contribution >= 0.6 is 0 Å². The molecule has 1 aliphatic carbocycles. The molecule has 163 valence electrons. The highest BCUT2D eigenvalue weighted by Crippen LogP contribution is 2.40. The Morgan fingerprint density at radius 3 is 2.34 bits per heavy atom. The summed E-state index contributed by atoms with van der Waals surface area (Å²) in [6.07, 6.45) is -4.70. The van der Waals surface area contributed by atoms with Crippen molar-refractivity contribution >= 4 is 5.91 Å². The summed E-state index contributed by atoms with van der Waals surface area (Å²) in [5.41, 5.74) is 2.14. The van der Waals surface area contributed by atoms with E-state index in [0.29, 0.717) is 5.56 Å². The number of aliphatic hydroxyl groups is 1. The van der Waals surface area contributed by atoms with Crippen molar-refractivity contribution in [1.29, 1.82) is 0 Å². The number of hydrogen-bond acceptors (Lipinski definition) is 4. The lowest BCUT2D eigenvalue weighted by atomic mass is 9.75. The fourth-order valence-electron chi connectivity index (χ4n) is 3.52. The summed E-state index contributed by atoms with van der Waals surface area (Å²) in [7, 11) is 0. The minimum Gasteiger partial charge on any atom is -0.406 e. The molecule has 10 heteroatoms. The summed E-state index contributed by atoms with van der Waals surface area (Å²) < 4.78 is 66.9. The van der Waals surface area contributed by atoms with E-state index in [1.807, 2.05) is 0 Å². The number of benzene rings is 1. The number of nitrogens with one attached hydrogen (secondary N) is 1. The van der Waals surface area contributed by atoms with Gasteiger partial charge in [-0.3, -0.25) is 10.0 Å². The lowest BCUT2D eigenvalue weighted by Gasteiger charge is -2.33. The largest absolute Gasteiger partial charge is 0.573 e. The average molecular weight is 424 g/mol. The first-order chi connectivity index (χ1) is 13.5. The van der Waals surface area contributed by atoms with E-state index < -0.39 is 30.2 Å². The van der Waals surface area contributed by atoms with Crippen molar-refractivity contribution in [3.63, 3.8) is 0 Å². The van der Waals surface area contributed by atoms with Gasteiger partial charge in [0.2, 0.25) is 11.8 Å². The first-order valence-electron chi connectivity index (χ1n) is 9.17. The minimum atomic E-state index is -4.78. The smallest absolute Gasteiger partial charge is 0.406 e. The van der Waals surface area contributed by atoms with Gasteiger partial charge in [0.1, 0.15) is 5.75 Å². The van der Waals surface area contributed by atoms with E-state index in [0.717, 1.165) is 12.1 Å². The van der Waals surface area contributed by atoms with Crippen LogP contribution in [0.4, 0.5) is 22.0 Å². The van der Waals surface area contributed by atoms with Crippen LogP contribution in [0, 0.1) is 18.3 Å². The van der Waals surface area contributed by atoms with Crippen molar-refractivity contribution < 1.29 is 41.8 Å². The second-order valence-electron chi connectivity index (χ2n) is 7.21.